The van der Waals surface area contributed by atoms with Crippen LogP contribution in [-0.4, -0.2) is 0 Å². The minimum atomic E-state index is -0.567. The maximum absolute atomic E-state index is 13.8. The fraction of sp³-hybridized carbons (Fsp3) is 0.143. The fourth-order valence-corrected chi connectivity index (χ4v) is 3.12. The van der Waals surface area contributed by atoms with E-state index in [0.29, 0.717) is 15.9 Å². The third-order valence-electron chi connectivity index (χ3n) is 2.69. The molecule has 0 saturated heterocycles. The third kappa shape index (κ3) is 3.77. The Labute approximate surface area is 132 Å². The van der Waals surface area contributed by atoms with Gasteiger partial charge in [0.25, 0.3) is 0 Å². The van der Waals surface area contributed by atoms with E-state index in [1.807, 2.05) is 12.1 Å². The van der Waals surface area contributed by atoms with Gasteiger partial charge in [0.15, 0.2) is 0 Å². The normalized spacial score (nSPS) is 12.5. The minimum Gasteiger partial charge on any atom is -0.207 e. The van der Waals surface area contributed by atoms with Crippen molar-refractivity contribution >= 4 is 43.5 Å². The molecule has 19 heavy (non-hydrogen) atoms. The molecule has 2 rings (SSSR count). The van der Waals surface area contributed by atoms with Crippen LogP contribution in [-0.2, 0) is 6.42 Å². The van der Waals surface area contributed by atoms with Crippen LogP contribution in [0.5, 0.6) is 0 Å². The number of rotatable bonds is 3. The van der Waals surface area contributed by atoms with E-state index in [4.69, 9.17) is 11.6 Å². The summed E-state index contributed by atoms with van der Waals surface area (Å²) in [5, 5.41) is 0.635. The van der Waals surface area contributed by atoms with Crippen molar-refractivity contribution in [3.63, 3.8) is 0 Å². The van der Waals surface area contributed by atoms with E-state index in [2.05, 4.69) is 31.9 Å². The Morgan fingerprint density at radius 2 is 1.58 bits per heavy atom. The van der Waals surface area contributed by atoms with Crippen molar-refractivity contribution in [1.82, 2.24) is 0 Å². The van der Waals surface area contributed by atoms with Crippen molar-refractivity contribution in [3.05, 3.63) is 68.7 Å². The van der Waals surface area contributed by atoms with Crippen LogP contribution < -0.4 is 0 Å². The molecule has 1 atom stereocenters. The van der Waals surface area contributed by atoms with E-state index in [0.717, 1.165) is 5.56 Å². The fourth-order valence-electron chi connectivity index (χ4n) is 1.78. The number of benzene rings is 2. The highest BCUT2D eigenvalue weighted by molar-refractivity contribution is 9.10. The molecule has 0 bridgehead atoms. The maximum atomic E-state index is 13.8. The molecule has 0 N–H and O–H groups in total. The predicted molar refractivity (Wildman–Crippen MR) is 80.9 cm³/mol. The summed E-state index contributed by atoms with van der Waals surface area (Å²) in [6.45, 7) is 0. The van der Waals surface area contributed by atoms with Gasteiger partial charge in [-0.05, 0) is 36.2 Å². The van der Waals surface area contributed by atoms with Gasteiger partial charge in [-0.1, -0.05) is 55.6 Å². The second-order valence-electron chi connectivity index (χ2n) is 4.08. The Hall–Kier alpha value is -0.450. The quantitative estimate of drug-likeness (QED) is 0.540. The van der Waals surface area contributed by atoms with Crippen LogP contribution in [0.4, 0.5) is 8.78 Å². The molecule has 0 aliphatic rings. The highest BCUT2D eigenvalue weighted by Gasteiger charge is 2.19. The van der Waals surface area contributed by atoms with E-state index in [1.54, 1.807) is 12.1 Å². The average molecular weight is 410 g/mol. The number of alkyl halides is 1. The summed E-state index contributed by atoms with van der Waals surface area (Å²) < 4.78 is 28.0. The Morgan fingerprint density at radius 1 is 1.05 bits per heavy atom. The first-order chi connectivity index (χ1) is 8.97. The molecule has 2 aromatic rings. The van der Waals surface area contributed by atoms with Crippen LogP contribution in [0.2, 0.25) is 5.02 Å². The van der Waals surface area contributed by atoms with Crippen molar-refractivity contribution in [1.29, 1.82) is 0 Å². The molecule has 1 unspecified atom stereocenters. The number of hydrogen-bond acceptors (Lipinski definition) is 0. The third-order valence-corrected chi connectivity index (χ3v) is 4.18. The summed E-state index contributed by atoms with van der Waals surface area (Å²) in [6, 6.07) is 9.70. The zero-order valence-electron chi connectivity index (χ0n) is 9.64. The number of halogens is 5. The Bertz CT molecular complexity index is 561. The molecule has 0 aliphatic heterocycles. The van der Waals surface area contributed by atoms with Gasteiger partial charge in [0, 0.05) is 19.9 Å². The molecule has 0 nitrogen and oxygen atoms in total. The lowest BCUT2D eigenvalue weighted by Gasteiger charge is -2.13. The molecule has 2 aromatic carbocycles. The molecule has 0 heterocycles. The molecule has 0 saturated carbocycles. The van der Waals surface area contributed by atoms with Gasteiger partial charge in [-0.25, -0.2) is 8.78 Å². The zero-order valence-corrected chi connectivity index (χ0v) is 13.6. The van der Waals surface area contributed by atoms with E-state index >= 15 is 0 Å². The lowest BCUT2D eigenvalue weighted by Crippen LogP contribution is -2.02. The van der Waals surface area contributed by atoms with Crippen molar-refractivity contribution < 1.29 is 8.78 Å². The van der Waals surface area contributed by atoms with E-state index < -0.39 is 16.5 Å². The first kappa shape index (κ1) is 14.9. The van der Waals surface area contributed by atoms with Gasteiger partial charge >= 0.3 is 0 Å². The zero-order chi connectivity index (χ0) is 14.0. The van der Waals surface area contributed by atoms with Gasteiger partial charge in [-0.15, -0.1) is 0 Å². The molecule has 0 amide bonds. The van der Waals surface area contributed by atoms with Gasteiger partial charge in [-0.2, -0.15) is 0 Å². The van der Waals surface area contributed by atoms with Gasteiger partial charge in [0.05, 0.1) is 0 Å². The van der Waals surface area contributed by atoms with Gasteiger partial charge in [-0.3, -0.25) is 0 Å². The maximum Gasteiger partial charge on any atom is 0.131 e. The van der Waals surface area contributed by atoms with E-state index in [1.165, 1.54) is 12.1 Å². The highest BCUT2D eigenvalue weighted by Crippen LogP contribution is 2.33. The lowest BCUT2D eigenvalue weighted by atomic mass is 10.0. The molecule has 0 aromatic heterocycles. The summed E-state index contributed by atoms with van der Waals surface area (Å²) in [5.41, 5.74) is 0.992. The molecule has 0 spiro atoms. The standard InChI is InChI=1S/C14H9Br2ClF2/c15-9-6-12(18)14(13(19)7-9)11(16)5-8-1-3-10(17)4-2-8/h1-4,6-7,11H,5H2. The van der Waals surface area contributed by atoms with Crippen LogP contribution in [0.3, 0.4) is 0 Å². The predicted octanol–water partition coefficient (Wildman–Crippen LogP) is 6.06. The van der Waals surface area contributed by atoms with Crippen LogP contribution in [0.25, 0.3) is 0 Å². The topological polar surface area (TPSA) is 0 Å². The van der Waals surface area contributed by atoms with E-state index in [9.17, 15) is 8.78 Å². The van der Waals surface area contributed by atoms with Gasteiger partial charge in [0.1, 0.15) is 11.6 Å². The van der Waals surface area contributed by atoms with Crippen molar-refractivity contribution in [2.24, 2.45) is 0 Å². The molecule has 5 heteroatoms. The SMILES string of the molecule is Fc1cc(Br)cc(F)c1C(Br)Cc1ccc(Cl)cc1. The first-order valence-corrected chi connectivity index (χ1v) is 7.59. The van der Waals surface area contributed by atoms with Crippen LogP contribution in [0.1, 0.15) is 16.0 Å². The molecule has 100 valence electrons. The summed E-state index contributed by atoms with van der Waals surface area (Å²) in [7, 11) is 0. The second kappa shape index (κ2) is 6.33. The van der Waals surface area contributed by atoms with Gasteiger partial charge in [0.2, 0.25) is 0 Å². The Balaban J connectivity index is 2.25. The van der Waals surface area contributed by atoms with Crippen LogP contribution in [0, 0.1) is 11.6 Å². The Morgan fingerprint density at radius 3 is 2.11 bits per heavy atom. The summed E-state index contributed by atoms with van der Waals surface area (Å²) in [5.74, 6) is -1.13. The molecular formula is C14H9Br2ClF2. The first-order valence-electron chi connectivity index (χ1n) is 5.50. The monoisotopic (exact) mass is 408 g/mol. The smallest absolute Gasteiger partial charge is 0.131 e. The molecule has 0 fully saturated rings. The van der Waals surface area contributed by atoms with Crippen LogP contribution in [0.15, 0.2) is 40.9 Å². The summed E-state index contributed by atoms with van der Waals surface area (Å²) >= 11 is 12.2. The van der Waals surface area contributed by atoms with Crippen LogP contribution >= 0.6 is 43.5 Å². The van der Waals surface area contributed by atoms with E-state index in [-0.39, 0.29) is 5.56 Å². The van der Waals surface area contributed by atoms with Crippen molar-refractivity contribution in [3.8, 4) is 0 Å². The average Bonchev–Trinajstić information content (AvgIpc) is 2.30. The summed E-state index contributed by atoms with van der Waals surface area (Å²) in [6.07, 6.45) is 0.479. The minimum absolute atomic E-state index is 0.0400. The number of hydrogen-bond donors (Lipinski definition) is 0. The molecular weight excluding hydrogens is 401 g/mol. The van der Waals surface area contributed by atoms with Crippen molar-refractivity contribution in [2.75, 3.05) is 0 Å². The lowest BCUT2D eigenvalue weighted by molar-refractivity contribution is 0.552. The molecule has 0 aliphatic carbocycles. The Kier molecular flexibility index (Phi) is 4.98. The largest absolute Gasteiger partial charge is 0.207 e. The summed E-state index contributed by atoms with van der Waals surface area (Å²) in [4.78, 5) is -0.429. The van der Waals surface area contributed by atoms with Gasteiger partial charge < -0.3 is 0 Å². The molecule has 0 radical (unpaired) electrons. The van der Waals surface area contributed by atoms with Crippen molar-refractivity contribution in [2.45, 2.75) is 11.2 Å². The highest BCUT2D eigenvalue weighted by atomic mass is 79.9. The second-order valence-corrected chi connectivity index (χ2v) is 6.54.